The molecule has 1 heterocycles. The molecule has 15 heavy (non-hydrogen) atoms. The number of H-pyrrole nitrogens is 1. The van der Waals surface area contributed by atoms with E-state index in [9.17, 15) is 4.79 Å². The average molecular weight is 252 g/mol. The van der Waals surface area contributed by atoms with Gasteiger partial charge >= 0.3 is 0 Å². The van der Waals surface area contributed by atoms with E-state index >= 15 is 0 Å². The van der Waals surface area contributed by atoms with Crippen molar-refractivity contribution in [3.05, 3.63) is 17.5 Å². The highest BCUT2D eigenvalue weighted by Gasteiger charge is 2.08. The van der Waals surface area contributed by atoms with Gasteiger partial charge in [-0.15, -0.1) is 24.0 Å². The second-order valence-electron chi connectivity index (χ2n) is 3.35. The number of alkyl halides is 1. The number of nitrogens with one attached hydrogen (secondary N) is 2. The Bertz CT molecular complexity index is 314. The van der Waals surface area contributed by atoms with Crippen LogP contribution in [0.2, 0.25) is 0 Å². The number of aromatic nitrogens is 2. The van der Waals surface area contributed by atoms with Crippen LogP contribution in [-0.2, 0) is 11.2 Å². The molecule has 1 atom stereocenters. The first-order valence-corrected chi connectivity index (χ1v) is 5.01. The number of hydrogen-bond donors (Lipinski definition) is 2. The number of rotatable bonds is 4. The Morgan fingerprint density at radius 1 is 1.73 bits per heavy atom. The highest BCUT2D eigenvalue weighted by molar-refractivity contribution is 6.27. The van der Waals surface area contributed by atoms with E-state index in [2.05, 4.69) is 15.5 Å². The second-order valence-corrected chi connectivity index (χ2v) is 3.62. The Kier molecular flexibility index (Phi) is 6.36. The Balaban J connectivity index is 0.00000196. The number of aryl methyl sites for hydroxylation is 1. The number of hydrogen-bond acceptors (Lipinski definition) is 2. The van der Waals surface area contributed by atoms with Crippen LogP contribution in [0, 0.1) is 6.92 Å². The van der Waals surface area contributed by atoms with E-state index in [1.807, 2.05) is 19.9 Å². The lowest BCUT2D eigenvalue weighted by molar-refractivity contribution is -0.119. The zero-order valence-electron chi connectivity index (χ0n) is 8.71. The van der Waals surface area contributed by atoms with Gasteiger partial charge in [0.05, 0.1) is 5.69 Å². The van der Waals surface area contributed by atoms with E-state index in [0.717, 1.165) is 11.4 Å². The molecule has 2 N–H and O–H groups in total. The first-order valence-electron chi connectivity index (χ1n) is 4.48. The molecule has 4 nitrogen and oxygen atoms in total. The third-order valence-corrected chi connectivity index (χ3v) is 2.05. The first kappa shape index (κ1) is 14.3. The molecular weight excluding hydrogens is 237 g/mol. The fourth-order valence-electron chi connectivity index (χ4n) is 1.26. The number of amides is 1. The van der Waals surface area contributed by atoms with Gasteiger partial charge in [0.1, 0.15) is 5.88 Å². The molecule has 0 aromatic carbocycles. The van der Waals surface area contributed by atoms with Crippen LogP contribution in [0.3, 0.4) is 0 Å². The van der Waals surface area contributed by atoms with E-state index in [1.165, 1.54) is 0 Å². The lowest BCUT2D eigenvalue weighted by Crippen LogP contribution is -2.34. The predicted octanol–water partition coefficient (Wildman–Crippen LogP) is 1.43. The third kappa shape index (κ3) is 5.04. The highest BCUT2D eigenvalue weighted by Crippen LogP contribution is 2.01. The van der Waals surface area contributed by atoms with E-state index in [4.69, 9.17) is 11.6 Å². The minimum Gasteiger partial charge on any atom is -0.352 e. The fraction of sp³-hybridized carbons (Fsp3) is 0.556. The molecule has 0 saturated carbocycles. The van der Waals surface area contributed by atoms with Gasteiger partial charge in [-0.25, -0.2) is 0 Å². The summed E-state index contributed by atoms with van der Waals surface area (Å²) >= 11 is 5.37. The molecule has 0 radical (unpaired) electrons. The maximum absolute atomic E-state index is 10.9. The molecule has 0 spiro atoms. The largest absolute Gasteiger partial charge is 0.352 e. The smallest absolute Gasteiger partial charge is 0.235 e. The van der Waals surface area contributed by atoms with Gasteiger partial charge in [0, 0.05) is 18.2 Å². The number of aromatic amines is 1. The minimum absolute atomic E-state index is 0. The molecule has 0 fully saturated rings. The molecule has 0 aliphatic rings. The molecule has 0 saturated heterocycles. The lowest BCUT2D eigenvalue weighted by Gasteiger charge is -2.10. The van der Waals surface area contributed by atoms with Crippen LogP contribution in [-0.4, -0.2) is 28.0 Å². The summed E-state index contributed by atoms with van der Waals surface area (Å²) in [6, 6.07) is 2.02. The van der Waals surface area contributed by atoms with Crippen molar-refractivity contribution >= 4 is 29.9 Å². The number of carbonyl (C=O) groups is 1. The molecule has 0 bridgehead atoms. The molecule has 0 aliphatic heterocycles. The normalized spacial score (nSPS) is 11.7. The molecular formula is C9H15Cl2N3O. The van der Waals surface area contributed by atoms with Gasteiger partial charge in [0.2, 0.25) is 5.91 Å². The maximum Gasteiger partial charge on any atom is 0.235 e. The van der Waals surface area contributed by atoms with Gasteiger partial charge in [0.25, 0.3) is 0 Å². The van der Waals surface area contributed by atoms with Gasteiger partial charge in [0.15, 0.2) is 0 Å². The van der Waals surface area contributed by atoms with E-state index in [-0.39, 0.29) is 30.2 Å². The predicted molar refractivity (Wildman–Crippen MR) is 62.6 cm³/mol. The SMILES string of the molecule is Cc1cc(CC(C)NC(=O)CCl)n[nH]1.Cl. The molecule has 1 unspecified atom stereocenters. The Hall–Kier alpha value is -0.740. The zero-order chi connectivity index (χ0) is 10.6. The number of nitrogens with zero attached hydrogens (tertiary/aromatic N) is 1. The summed E-state index contributed by atoms with van der Waals surface area (Å²) in [5.74, 6) is -0.143. The lowest BCUT2D eigenvalue weighted by atomic mass is 10.2. The third-order valence-electron chi connectivity index (χ3n) is 1.80. The molecule has 1 aromatic rings. The van der Waals surface area contributed by atoms with Crippen LogP contribution in [0.1, 0.15) is 18.3 Å². The van der Waals surface area contributed by atoms with Crippen LogP contribution in [0.25, 0.3) is 0 Å². The van der Waals surface area contributed by atoms with Crippen LogP contribution < -0.4 is 5.32 Å². The summed E-state index contributed by atoms with van der Waals surface area (Å²) < 4.78 is 0. The van der Waals surface area contributed by atoms with Crippen molar-refractivity contribution in [3.8, 4) is 0 Å². The van der Waals surface area contributed by atoms with Crippen molar-refractivity contribution in [2.24, 2.45) is 0 Å². The second kappa shape index (κ2) is 6.69. The van der Waals surface area contributed by atoms with Crippen LogP contribution in [0.15, 0.2) is 6.07 Å². The molecule has 86 valence electrons. The monoisotopic (exact) mass is 251 g/mol. The van der Waals surface area contributed by atoms with E-state index < -0.39 is 0 Å². The molecule has 0 aliphatic carbocycles. The van der Waals surface area contributed by atoms with Gasteiger partial charge in [-0.1, -0.05) is 0 Å². The van der Waals surface area contributed by atoms with Gasteiger partial charge in [-0.3, -0.25) is 9.89 Å². The summed E-state index contributed by atoms with van der Waals surface area (Å²) in [5, 5.41) is 9.69. The highest BCUT2D eigenvalue weighted by atomic mass is 35.5. The summed E-state index contributed by atoms with van der Waals surface area (Å²) in [6.07, 6.45) is 0.715. The van der Waals surface area contributed by atoms with Crippen molar-refractivity contribution < 1.29 is 4.79 Å². The first-order chi connectivity index (χ1) is 6.61. The van der Waals surface area contributed by atoms with E-state index in [1.54, 1.807) is 0 Å². The molecule has 1 amide bonds. The van der Waals surface area contributed by atoms with Crippen LogP contribution >= 0.6 is 24.0 Å². The van der Waals surface area contributed by atoms with Crippen molar-refractivity contribution in [2.75, 3.05) is 5.88 Å². The van der Waals surface area contributed by atoms with Crippen molar-refractivity contribution in [1.29, 1.82) is 0 Å². The standard InChI is InChI=1S/C9H14ClN3O.ClH/c1-6(11-9(14)5-10)3-8-4-7(2)12-13-8;/h4,6H,3,5H2,1-2H3,(H,11,14)(H,12,13);1H. The summed E-state index contributed by atoms with van der Waals surface area (Å²) in [5.41, 5.74) is 1.97. The molecule has 1 aromatic heterocycles. The maximum atomic E-state index is 10.9. The minimum atomic E-state index is -0.147. The molecule has 6 heteroatoms. The van der Waals surface area contributed by atoms with Gasteiger partial charge in [-0.05, 0) is 19.9 Å². The number of halogens is 2. The van der Waals surface area contributed by atoms with Crippen molar-refractivity contribution in [3.63, 3.8) is 0 Å². The van der Waals surface area contributed by atoms with Crippen LogP contribution in [0.4, 0.5) is 0 Å². The Morgan fingerprint density at radius 2 is 2.40 bits per heavy atom. The Labute approximate surface area is 100 Å². The van der Waals surface area contributed by atoms with Gasteiger partial charge in [-0.2, -0.15) is 5.10 Å². The fourth-order valence-corrected chi connectivity index (χ4v) is 1.33. The zero-order valence-corrected chi connectivity index (χ0v) is 10.3. The van der Waals surface area contributed by atoms with E-state index in [0.29, 0.717) is 6.42 Å². The summed E-state index contributed by atoms with van der Waals surface area (Å²) in [7, 11) is 0. The van der Waals surface area contributed by atoms with Crippen molar-refractivity contribution in [1.82, 2.24) is 15.5 Å². The van der Waals surface area contributed by atoms with Crippen LogP contribution in [0.5, 0.6) is 0 Å². The summed E-state index contributed by atoms with van der Waals surface area (Å²) in [4.78, 5) is 10.9. The van der Waals surface area contributed by atoms with Crippen molar-refractivity contribution in [2.45, 2.75) is 26.3 Å². The summed E-state index contributed by atoms with van der Waals surface area (Å²) in [6.45, 7) is 3.87. The quantitative estimate of drug-likeness (QED) is 0.796. The average Bonchev–Trinajstić information content (AvgIpc) is 2.50. The van der Waals surface area contributed by atoms with Gasteiger partial charge < -0.3 is 5.32 Å². The number of carbonyl (C=O) groups excluding carboxylic acids is 1. The molecule has 1 rings (SSSR count). The Morgan fingerprint density at radius 3 is 2.87 bits per heavy atom. The topological polar surface area (TPSA) is 57.8 Å².